The highest BCUT2D eigenvalue weighted by Crippen LogP contribution is 2.17. The quantitative estimate of drug-likeness (QED) is 0.328. The van der Waals surface area contributed by atoms with Crippen molar-refractivity contribution in [3.8, 4) is 0 Å². The van der Waals surface area contributed by atoms with Crippen molar-refractivity contribution in [2.24, 2.45) is 11.8 Å². The predicted octanol–water partition coefficient (Wildman–Crippen LogP) is 0.116. The SMILES string of the molecule is CC(CO)CSC(C)CC(=O)NN. The van der Waals surface area contributed by atoms with Crippen LogP contribution in [0.1, 0.15) is 20.3 Å². The van der Waals surface area contributed by atoms with Gasteiger partial charge in [0, 0.05) is 18.3 Å². The maximum absolute atomic E-state index is 10.8. The third-order valence-electron chi connectivity index (χ3n) is 1.61. The molecule has 0 saturated heterocycles. The molecule has 0 rings (SSSR count). The molecule has 0 aromatic carbocycles. The average molecular weight is 206 g/mol. The summed E-state index contributed by atoms with van der Waals surface area (Å²) < 4.78 is 0. The van der Waals surface area contributed by atoms with E-state index in [0.29, 0.717) is 6.42 Å². The van der Waals surface area contributed by atoms with Gasteiger partial charge in [-0.25, -0.2) is 5.84 Å². The van der Waals surface area contributed by atoms with E-state index in [1.165, 1.54) is 0 Å². The van der Waals surface area contributed by atoms with Crippen molar-refractivity contribution in [1.29, 1.82) is 0 Å². The smallest absolute Gasteiger partial charge is 0.234 e. The van der Waals surface area contributed by atoms with Crippen LogP contribution in [0.4, 0.5) is 0 Å². The molecule has 0 spiro atoms. The summed E-state index contributed by atoms with van der Waals surface area (Å²) in [5, 5.41) is 9.01. The molecule has 2 unspecified atom stereocenters. The normalized spacial score (nSPS) is 15.1. The van der Waals surface area contributed by atoms with E-state index in [1.807, 2.05) is 13.8 Å². The van der Waals surface area contributed by atoms with Gasteiger partial charge in [0.2, 0.25) is 5.91 Å². The van der Waals surface area contributed by atoms with E-state index in [2.05, 4.69) is 5.43 Å². The van der Waals surface area contributed by atoms with Gasteiger partial charge in [0.05, 0.1) is 0 Å². The first-order valence-electron chi connectivity index (χ1n) is 4.32. The zero-order valence-electron chi connectivity index (χ0n) is 8.12. The number of hydrogen-bond donors (Lipinski definition) is 3. The second-order valence-electron chi connectivity index (χ2n) is 3.20. The summed E-state index contributed by atoms with van der Waals surface area (Å²) in [7, 11) is 0. The monoisotopic (exact) mass is 206 g/mol. The van der Waals surface area contributed by atoms with E-state index in [1.54, 1.807) is 11.8 Å². The molecule has 1 amide bonds. The Morgan fingerprint density at radius 1 is 1.62 bits per heavy atom. The molecule has 0 radical (unpaired) electrons. The largest absolute Gasteiger partial charge is 0.396 e. The topological polar surface area (TPSA) is 75.3 Å². The van der Waals surface area contributed by atoms with Gasteiger partial charge in [0.25, 0.3) is 0 Å². The van der Waals surface area contributed by atoms with Crippen LogP contribution in [0.2, 0.25) is 0 Å². The Bertz CT molecular complexity index is 155. The van der Waals surface area contributed by atoms with Crippen LogP contribution >= 0.6 is 11.8 Å². The third-order valence-corrected chi connectivity index (χ3v) is 3.11. The zero-order valence-corrected chi connectivity index (χ0v) is 8.93. The van der Waals surface area contributed by atoms with Gasteiger partial charge in [-0.1, -0.05) is 13.8 Å². The van der Waals surface area contributed by atoms with Crippen LogP contribution < -0.4 is 11.3 Å². The van der Waals surface area contributed by atoms with Crippen LogP contribution in [0.5, 0.6) is 0 Å². The second kappa shape index (κ2) is 7.17. The maximum Gasteiger partial charge on any atom is 0.234 e. The van der Waals surface area contributed by atoms with Crippen molar-refractivity contribution in [3.63, 3.8) is 0 Å². The van der Waals surface area contributed by atoms with E-state index in [0.717, 1.165) is 5.75 Å². The fraction of sp³-hybridized carbons (Fsp3) is 0.875. The molecule has 0 aromatic rings. The van der Waals surface area contributed by atoms with E-state index >= 15 is 0 Å². The first-order chi connectivity index (χ1) is 6.10. The molecule has 0 heterocycles. The van der Waals surface area contributed by atoms with Gasteiger partial charge >= 0.3 is 0 Å². The molecular weight excluding hydrogens is 188 g/mol. The molecule has 4 N–H and O–H groups in total. The van der Waals surface area contributed by atoms with E-state index in [-0.39, 0.29) is 23.7 Å². The fourth-order valence-corrected chi connectivity index (χ4v) is 1.79. The number of rotatable bonds is 6. The zero-order chi connectivity index (χ0) is 10.3. The summed E-state index contributed by atoms with van der Waals surface area (Å²) in [5.41, 5.74) is 2.10. The number of aliphatic hydroxyl groups excluding tert-OH is 1. The predicted molar refractivity (Wildman–Crippen MR) is 55.1 cm³/mol. The lowest BCUT2D eigenvalue weighted by Crippen LogP contribution is -2.31. The Hall–Kier alpha value is -0.260. The Kier molecular flexibility index (Phi) is 7.03. The Morgan fingerprint density at radius 2 is 2.23 bits per heavy atom. The third kappa shape index (κ3) is 6.86. The minimum absolute atomic E-state index is 0.142. The minimum atomic E-state index is -0.142. The highest BCUT2D eigenvalue weighted by atomic mass is 32.2. The van der Waals surface area contributed by atoms with Crippen molar-refractivity contribution in [2.45, 2.75) is 25.5 Å². The van der Waals surface area contributed by atoms with Crippen LogP contribution in [0.3, 0.4) is 0 Å². The number of aliphatic hydroxyl groups is 1. The first kappa shape index (κ1) is 12.7. The summed E-state index contributed by atoms with van der Waals surface area (Å²) in [4.78, 5) is 10.8. The number of carbonyl (C=O) groups excluding carboxylic acids is 1. The Morgan fingerprint density at radius 3 is 2.69 bits per heavy atom. The summed E-state index contributed by atoms with van der Waals surface area (Å²) in [5.74, 6) is 5.97. The lowest BCUT2D eigenvalue weighted by molar-refractivity contribution is -0.121. The molecule has 2 atom stereocenters. The molecule has 0 bridgehead atoms. The highest BCUT2D eigenvalue weighted by Gasteiger charge is 2.09. The van der Waals surface area contributed by atoms with Gasteiger partial charge < -0.3 is 5.11 Å². The number of hydrogen-bond acceptors (Lipinski definition) is 4. The standard InChI is InChI=1S/C8H18N2O2S/c1-6(4-11)5-13-7(2)3-8(12)10-9/h6-7,11H,3-5,9H2,1-2H3,(H,10,12). The number of carbonyl (C=O) groups is 1. The summed E-state index contributed by atoms with van der Waals surface area (Å²) in [6, 6.07) is 0. The molecule has 78 valence electrons. The summed E-state index contributed by atoms with van der Waals surface area (Å²) in [6.45, 7) is 4.15. The van der Waals surface area contributed by atoms with E-state index in [4.69, 9.17) is 10.9 Å². The molecular formula is C8H18N2O2S. The molecule has 0 aliphatic heterocycles. The van der Waals surface area contributed by atoms with Gasteiger partial charge in [-0.05, 0) is 11.7 Å². The number of nitrogens with one attached hydrogen (secondary N) is 1. The minimum Gasteiger partial charge on any atom is -0.396 e. The van der Waals surface area contributed by atoms with Crippen molar-refractivity contribution >= 4 is 17.7 Å². The molecule has 0 aliphatic carbocycles. The Balaban J connectivity index is 3.50. The Labute approximate surface area is 83.2 Å². The molecule has 0 aromatic heterocycles. The molecule has 0 fully saturated rings. The number of thioether (sulfide) groups is 1. The number of hydrazine groups is 1. The lowest BCUT2D eigenvalue weighted by atomic mass is 10.2. The molecule has 13 heavy (non-hydrogen) atoms. The first-order valence-corrected chi connectivity index (χ1v) is 5.37. The lowest BCUT2D eigenvalue weighted by Gasteiger charge is -2.12. The van der Waals surface area contributed by atoms with Gasteiger partial charge in [0.1, 0.15) is 0 Å². The van der Waals surface area contributed by atoms with Gasteiger partial charge in [0.15, 0.2) is 0 Å². The van der Waals surface area contributed by atoms with Crippen molar-refractivity contribution in [2.75, 3.05) is 12.4 Å². The maximum atomic E-state index is 10.8. The van der Waals surface area contributed by atoms with Crippen LogP contribution in [-0.2, 0) is 4.79 Å². The highest BCUT2D eigenvalue weighted by molar-refractivity contribution is 7.99. The average Bonchev–Trinajstić information content (AvgIpc) is 2.13. The van der Waals surface area contributed by atoms with Crippen LogP contribution in [-0.4, -0.2) is 28.6 Å². The number of nitrogens with two attached hydrogens (primary N) is 1. The van der Waals surface area contributed by atoms with Crippen molar-refractivity contribution < 1.29 is 9.90 Å². The van der Waals surface area contributed by atoms with Crippen molar-refractivity contribution in [1.82, 2.24) is 5.43 Å². The molecule has 5 heteroatoms. The van der Waals surface area contributed by atoms with Crippen LogP contribution in [0.25, 0.3) is 0 Å². The molecule has 0 aliphatic rings. The van der Waals surface area contributed by atoms with Gasteiger partial charge in [-0.2, -0.15) is 11.8 Å². The van der Waals surface area contributed by atoms with Gasteiger partial charge in [-0.15, -0.1) is 0 Å². The fourth-order valence-electron chi connectivity index (χ4n) is 0.760. The van der Waals surface area contributed by atoms with Gasteiger partial charge in [-0.3, -0.25) is 10.2 Å². The van der Waals surface area contributed by atoms with Crippen molar-refractivity contribution in [3.05, 3.63) is 0 Å². The molecule has 4 nitrogen and oxygen atoms in total. The second-order valence-corrected chi connectivity index (χ2v) is 4.67. The van der Waals surface area contributed by atoms with E-state index in [9.17, 15) is 4.79 Å². The van der Waals surface area contributed by atoms with Crippen LogP contribution in [0, 0.1) is 5.92 Å². The number of amides is 1. The van der Waals surface area contributed by atoms with E-state index < -0.39 is 0 Å². The summed E-state index contributed by atoms with van der Waals surface area (Å²) in [6.07, 6.45) is 0.430. The molecule has 0 saturated carbocycles. The summed E-state index contributed by atoms with van der Waals surface area (Å²) >= 11 is 1.68. The van der Waals surface area contributed by atoms with Crippen LogP contribution in [0.15, 0.2) is 0 Å².